The van der Waals surface area contributed by atoms with Crippen molar-refractivity contribution in [2.45, 2.75) is 26.7 Å². The first-order valence-corrected chi connectivity index (χ1v) is 7.24. The van der Waals surface area contributed by atoms with Gasteiger partial charge in [0, 0.05) is 24.6 Å². The molecule has 0 saturated heterocycles. The van der Waals surface area contributed by atoms with Crippen LogP contribution in [0.15, 0.2) is 47.7 Å². The number of aromatic nitrogens is 1. The van der Waals surface area contributed by atoms with Crippen molar-refractivity contribution in [3.8, 4) is 0 Å². The number of rotatable bonds is 5. The molecule has 3 N–H and O–H groups in total. The Morgan fingerprint density at radius 3 is 2.59 bits per heavy atom. The molecule has 0 bridgehead atoms. The molecule has 4 nitrogen and oxygen atoms in total. The highest BCUT2D eigenvalue weighted by Crippen LogP contribution is 2.09. The van der Waals surface area contributed by atoms with E-state index in [1.54, 1.807) is 0 Å². The van der Waals surface area contributed by atoms with Crippen LogP contribution < -0.4 is 11.1 Å². The average Bonchev–Trinajstić information content (AvgIpc) is 2.50. The van der Waals surface area contributed by atoms with E-state index in [-0.39, 0.29) is 24.0 Å². The molecule has 2 rings (SSSR count). The van der Waals surface area contributed by atoms with Crippen LogP contribution in [-0.4, -0.2) is 17.5 Å². The highest BCUT2D eigenvalue weighted by Gasteiger charge is 1.98. The van der Waals surface area contributed by atoms with Crippen LogP contribution in [0.25, 0.3) is 0 Å². The lowest BCUT2D eigenvalue weighted by Gasteiger charge is -2.07. The van der Waals surface area contributed by atoms with Gasteiger partial charge in [0.2, 0.25) is 0 Å². The summed E-state index contributed by atoms with van der Waals surface area (Å²) in [5.74, 6) is 0.450. The Hall–Kier alpha value is -1.63. The second kappa shape index (κ2) is 9.40. The maximum Gasteiger partial charge on any atom is 0.193 e. The van der Waals surface area contributed by atoms with Crippen molar-refractivity contribution in [3.63, 3.8) is 0 Å². The summed E-state index contributed by atoms with van der Waals surface area (Å²) in [4.78, 5) is 8.45. The number of nitrogens with two attached hydrogens (primary N) is 1. The molecule has 1 heterocycles. The predicted molar refractivity (Wildman–Crippen MR) is 104 cm³/mol. The van der Waals surface area contributed by atoms with Crippen molar-refractivity contribution in [2.75, 3.05) is 11.9 Å². The van der Waals surface area contributed by atoms with Gasteiger partial charge in [-0.1, -0.05) is 19.1 Å². The van der Waals surface area contributed by atoms with Gasteiger partial charge in [0.05, 0.1) is 0 Å². The van der Waals surface area contributed by atoms with Crippen molar-refractivity contribution in [1.82, 2.24) is 4.98 Å². The summed E-state index contributed by atoms with van der Waals surface area (Å²) >= 11 is 0. The molecule has 0 saturated carbocycles. The van der Waals surface area contributed by atoms with Crippen LogP contribution >= 0.6 is 24.0 Å². The molecule has 0 aliphatic rings. The fourth-order valence-electron chi connectivity index (χ4n) is 2.09. The van der Waals surface area contributed by atoms with Crippen LogP contribution in [0.4, 0.5) is 5.69 Å². The van der Waals surface area contributed by atoms with Crippen LogP contribution in [0, 0.1) is 6.92 Å². The number of aryl methyl sites for hydroxylation is 2. The van der Waals surface area contributed by atoms with Crippen LogP contribution in [0.1, 0.15) is 23.6 Å². The Balaban J connectivity index is 0.00000242. The Bertz CT molecular complexity index is 608. The number of guanidine groups is 1. The minimum atomic E-state index is 0. The molecule has 0 aliphatic carbocycles. The molecule has 0 unspecified atom stereocenters. The van der Waals surface area contributed by atoms with Crippen molar-refractivity contribution in [1.29, 1.82) is 0 Å². The topological polar surface area (TPSA) is 63.3 Å². The van der Waals surface area contributed by atoms with Gasteiger partial charge in [-0.25, -0.2) is 0 Å². The summed E-state index contributed by atoms with van der Waals surface area (Å²) in [6.07, 6.45) is 5.58. The molecule has 5 heteroatoms. The third kappa shape index (κ3) is 5.63. The molecular weight excluding hydrogens is 387 g/mol. The molecule has 0 radical (unpaired) electrons. The Morgan fingerprint density at radius 2 is 1.95 bits per heavy atom. The molecule has 0 amide bonds. The lowest BCUT2D eigenvalue weighted by molar-refractivity contribution is 0.948. The zero-order valence-electron chi connectivity index (χ0n) is 13.0. The largest absolute Gasteiger partial charge is 0.370 e. The van der Waals surface area contributed by atoms with Gasteiger partial charge in [-0.05, 0) is 54.7 Å². The van der Waals surface area contributed by atoms with Crippen LogP contribution in [0.5, 0.6) is 0 Å². The van der Waals surface area contributed by atoms with Crippen LogP contribution in [0.3, 0.4) is 0 Å². The number of anilines is 1. The first-order valence-electron chi connectivity index (χ1n) is 7.24. The van der Waals surface area contributed by atoms with Crippen molar-refractivity contribution < 1.29 is 0 Å². The number of benzene rings is 1. The smallest absolute Gasteiger partial charge is 0.193 e. The van der Waals surface area contributed by atoms with E-state index in [0.717, 1.165) is 18.5 Å². The minimum Gasteiger partial charge on any atom is -0.370 e. The van der Waals surface area contributed by atoms with Gasteiger partial charge in [0.1, 0.15) is 0 Å². The molecule has 0 spiro atoms. The highest BCUT2D eigenvalue weighted by molar-refractivity contribution is 14.0. The number of nitrogens with zero attached hydrogens (tertiary/aromatic N) is 2. The number of hydrogen-bond donors (Lipinski definition) is 2. The fourth-order valence-corrected chi connectivity index (χ4v) is 2.09. The zero-order chi connectivity index (χ0) is 15.1. The molecule has 2 aromatic rings. The van der Waals surface area contributed by atoms with Gasteiger partial charge >= 0.3 is 0 Å². The van der Waals surface area contributed by atoms with Gasteiger partial charge in [0.15, 0.2) is 5.96 Å². The average molecular weight is 410 g/mol. The van der Waals surface area contributed by atoms with Gasteiger partial charge in [-0.2, -0.15) is 0 Å². The summed E-state index contributed by atoms with van der Waals surface area (Å²) in [5, 5.41) is 3.11. The molecule has 0 atom stereocenters. The normalized spacial score (nSPS) is 10.9. The van der Waals surface area contributed by atoms with E-state index >= 15 is 0 Å². The maximum atomic E-state index is 5.91. The second-order valence-corrected chi connectivity index (χ2v) is 4.99. The van der Waals surface area contributed by atoms with Gasteiger partial charge in [-0.3, -0.25) is 9.98 Å². The molecule has 0 fully saturated rings. The van der Waals surface area contributed by atoms with Gasteiger partial charge < -0.3 is 11.1 Å². The minimum absolute atomic E-state index is 0. The van der Waals surface area contributed by atoms with E-state index in [1.807, 2.05) is 30.6 Å². The second-order valence-electron chi connectivity index (χ2n) is 4.99. The first kappa shape index (κ1) is 18.4. The number of nitrogens with one attached hydrogen (secondary N) is 1. The molecule has 22 heavy (non-hydrogen) atoms. The van der Waals surface area contributed by atoms with Crippen molar-refractivity contribution in [2.24, 2.45) is 10.7 Å². The summed E-state index contributed by atoms with van der Waals surface area (Å²) < 4.78 is 0. The van der Waals surface area contributed by atoms with E-state index in [4.69, 9.17) is 5.73 Å². The first-order chi connectivity index (χ1) is 10.2. The highest BCUT2D eigenvalue weighted by atomic mass is 127. The lowest BCUT2D eigenvalue weighted by atomic mass is 10.1. The summed E-state index contributed by atoms with van der Waals surface area (Å²) in [7, 11) is 0. The fraction of sp³-hybridized carbons (Fsp3) is 0.294. The lowest BCUT2D eigenvalue weighted by Crippen LogP contribution is -2.23. The van der Waals surface area contributed by atoms with Crippen LogP contribution in [0.2, 0.25) is 0 Å². The van der Waals surface area contributed by atoms with Gasteiger partial charge in [-0.15, -0.1) is 24.0 Å². The zero-order valence-corrected chi connectivity index (χ0v) is 15.4. The quantitative estimate of drug-likeness (QED) is 0.450. The van der Waals surface area contributed by atoms with E-state index in [0.29, 0.717) is 12.5 Å². The Labute approximate surface area is 149 Å². The van der Waals surface area contributed by atoms with Crippen LogP contribution in [-0.2, 0) is 12.8 Å². The van der Waals surface area contributed by atoms with E-state index < -0.39 is 0 Å². The number of pyridine rings is 1. The number of aliphatic imine (C=N–C) groups is 1. The molecule has 0 aliphatic heterocycles. The Morgan fingerprint density at radius 1 is 1.23 bits per heavy atom. The van der Waals surface area contributed by atoms with Gasteiger partial charge in [0.25, 0.3) is 0 Å². The van der Waals surface area contributed by atoms with Crippen molar-refractivity contribution >= 4 is 35.6 Å². The summed E-state index contributed by atoms with van der Waals surface area (Å²) in [6.45, 7) is 4.86. The van der Waals surface area contributed by atoms with Crippen molar-refractivity contribution in [3.05, 3.63) is 59.4 Å². The SMILES string of the molecule is CCc1ccc(NC(N)=NCCc2ccncc2C)cc1.I. The third-order valence-electron chi connectivity index (χ3n) is 3.43. The monoisotopic (exact) mass is 410 g/mol. The maximum absolute atomic E-state index is 5.91. The standard InChI is InChI=1S/C17H22N4.HI/c1-3-14-4-6-16(7-5-14)21-17(18)20-11-9-15-8-10-19-12-13(15)2;/h4-8,10,12H,3,9,11H2,1-2H3,(H3,18,20,21);1H. The molecule has 118 valence electrons. The summed E-state index contributed by atoms with van der Waals surface area (Å²) in [6, 6.07) is 10.3. The Kier molecular flexibility index (Phi) is 7.87. The van der Waals surface area contributed by atoms with E-state index in [1.165, 1.54) is 16.7 Å². The van der Waals surface area contributed by atoms with E-state index in [2.05, 4.69) is 41.3 Å². The predicted octanol–water partition coefficient (Wildman–Crippen LogP) is 3.54. The number of hydrogen-bond acceptors (Lipinski definition) is 2. The molecular formula is C17H23IN4. The summed E-state index contributed by atoms with van der Waals surface area (Å²) in [5.41, 5.74) is 10.6. The number of halogens is 1. The molecule has 1 aromatic carbocycles. The molecule has 1 aromatic heterocycles. The third-order valence-corrected chi connectivity index (χ3v) is 3.43. The van der Waals surface area contributed by atoms with E-state index in [9.17, 15) is 0 Å².